The van der Waals surface area contributed by atoms with Crippen molar-refractivity contribution in [3.63, 3.8) is 0 Å². The molecule has 1 aliphatic rings. The Labute approximate surface area is 189 Å². The highest BCUT2D eigenvalue weighted by molar-refractivity contribution is 6.15. The zero-order chi connectivity index (χ0) is 23.8. The summed E-state index contributed by atoms with van der Waals surface area (Å²) >= 11 is 0. The highest BCUT2D eigenvalue weighted by Crippen LogP contribution is 2.40. The molecule has 0 aromatic heterocycles. The van der Waals surface area contributed by atoms with E-state index in [1.165, 1.54) is 12.1 Å². The van der Waals surface area contributed by atoms with Crippen LogP contribution in [0.4, 0.5) is 5.69 Å². The molecule has 0 aliphatic carbocycles. The van der Waals surface area contributed by atoms with Crippen molar-refractivity contribution >= 4 is 23.5 Å². The fourth-order valence-electron chi connectivity index (χ4n) is 3.82. The predicted octanol–water partition coefficient (Wildman–Crippen LogP) is 5.26. The van der Waals surface area contributed by atoms with Gasteiger partial charge in [0.2, 0.25) is 5.91 Å². The molecule has 0 fully saturated rings. The van der Waals surface area contributed by atoms with Gasteiger partial charge in [0.25, 0.3) is 0 Å². The molecule has 0 saturated heterocycles. The zero-order valence-corrected chi connectivity index (χ0v) is 19.6. The number of carbonyl (C=O) groups excluding carboxylic acids is 3. The maximum Gasteiger partial charge on any atom is 0.346 e. The van der Waals surface area contributed by atoms with Crippen molar-refractivity contribution in [1.29, 1.82) is 0 Å². The second-order valence-electron chi connectivity index (χ2n) is 10.4. The Bertz CT molecular complexity index is 1050. The molecule has 170 valence electrons. The minimum absolute atomic E-state index is 0.168. The van der Waals surface area contributed by atoms with E-state index in [-0.39, 0.29) is 27.9 Å². The average Bonchev–Trinajstić information content (AvgIpc) is 2.94. The number of ether oxygens (including phenoxy) is 1. The van der Waals surface area contributed by atoms with Gasteiger partial charge >= 0.3 is 11.9 Å². The number of anilines is 1. The second kappa shape index (κ2) is 8.41. The minimum atomic E-state index is -0.697. The van der Waals surface area contributed by atoms with Gasteiger partial charge in [-0.1, -0.05) is 53.7 Å². The molecule has 2 aromatic carbocycles. The molecule has 1 heterocycles. The largest absolute Gasteiger partial charge is 0.507 e. The maximum absolute atomic E-state index is 12.4. The maximum atomic E-state index is 12.4. The van der Waals surface area contributed by atoms with E-state index >= 15 is 0 Å². The number of phenols is 1. The third-order valence-corrected chi connectivity index (χ3v) is 5.58. The van der Waals surface area contributed by atoms with Gasteiger partial charge in [0.15, 0.2) is 0 Å². The molecule has 2 aromatic rings. The summed E-state index contributed by atoms with van der Waals surface area (Å²) in [6, 6.07) is 8.60. The Morgan fingerprint density at radius 3 is 2.03 bits per heavy atom. The molecule has 2 N–H and O–H groups in total. The summed E-state index contributed by atoms with van der Waals surface area (Å²) in [5, 5.41) is 13.6. The number of rotatable bonds is 5. The van der Waals surface area contributed by atoms with Gasteiger partial charge in [-0.05, 0) is 58.6 Å². The first kappa shape index (κ1) is 23.5. The SMILES string of the molecule is CC(C)(C)c1cc(CCCC(=O)Nc2ccc3c(c2)C(=O)OC3=O)cc(C(C)(C)C)c1O. The summed E-state index contributed by atoms with van der Waals surface area (Å²) in [5.41, 5.74) is 3.33. The van der Waals surface area contributed by atoms with E-state index in [1.54, 1.807) is 6.07 Å². The van der Waals surface area contributed by atoms with Crippen molar-refractivity contribution in [2.45, 2.75) is 71.6 Å². The highest BCUT2D eigenvalue weighted by Gasteiger charge is 2.30. The first-order valence-electron chi connectivity index (χ1n) is 10.8. The molecule has 0 atom stereocenters. The lowest BCUT2D eigenvalue weighted by atomic mass is 9.78. The van der Waals surface area contributed by atoms with Crippen molar-refractivity contribution in [2.24, 2.45) is 0 Å². The second-order valence-corrected chi connectivity index (χ2v) is 10.4. The van der Waals surface area contributed by atoms with Gasteiger partial charge in [0, 0.05) is 12.1 Å². The molecule has 0 unspecified atom stereocenters. The van der Waals surface area contributed by atoms with Crippen LogP contribution in [-0.2, 0) is 26.8 Å². The third-order valence-electron chi connectivity index (χ3n) is 5.58. The van der Waals surface area contributed by atoms with Gasteiger partial charge in [-0.3, -0.25) is 4.79 Å². The minimum Gasteiger partial charge on any atom is -0.507 e. The Morgan fingerprint density at radius 2 is 1.47 bits per heavy atom. The number of nitrogens with one attached hydrogen (secondary N) is 1. The smallest absolute Gasteiger partial charge is 0.346 e. The Morgan fingerprint density at radius 1 is 0.906 bits per heavy atom. The van der Waals surface area contributed by atoms with Gasteiger partial charge in [-0.25, -0.2) is 9.59 Å². The molecule has 0 bridgehead atoms. The van der Waals surface area contributed by atoms with Crippen molar-refractivity contribution in [3.8, 4) is 5.75 Å². The summed E-state index contributed by atoms with van der Waals surface area (Å²) in [5.74, 6) is -1.19. The average molecular weight is 438 g/mol. The number of esters is 2. The lowest BCUT2D eigenvalue weighted by molar-refractivity contribution is -0.116. The Balaban J connectivity index is 1.68. The number of cyclic esters (lactones) is 2. The number of hydrogen-bond donors (Lipinski definition) is 2. The van der Waals surface area contributed by atoms with E-state index < -0.39 is 11.9 Å². The summed E-state index contributed by atoms with van der Waals surface area (Å²) in [7, 11) is 0. The van der Waals surface area contributed by atoms with Gasteiger partial charge in [0.1, 0.15) is 5.75 Å². The fraction of sp³-hybridized carbons (Fsp3) is 0.423. The van der Waals surface area contributed by atoms with Crippen molar-refractivity contribution < 1.29 is 24.2 Å². The number of fused-ring (bicyclic) bond motifs is 1. The summed E-state index contributed by atoms with van der Waals surface area (Å²) in [6.45, 7) is 12.5. The third kappa shape index (κ3) is 5.01. The van der Waals surface area contributed by atoms with E-state index in [9.17, 15) is 19.5 Å². The zero-order valence-electron chi connectivity index (χ0n) is 19.6. The number of benzene rings is 2. The summed E-state index contributed by atoms with van der Waals surface area (Å²) in [4.78, 5) is 35.6. The lowest BCUT2D eigenvalue weighted by Gasteiger charge is -2.28. The van der Waals surface area contributed by atoms with Crippen LogP contribution in [0, 0.1) is 0 Å². The first-order valence-corrected chi connectivity index (χ1v) is 10.8. The molecule has 6 nitrogen and oxygen atoms in total. The monoisotopic (exact) mass is 437 g/mol. The molecule has 0 radical (unpaired) electrons. The fourth-order valence-corrected chi connectivity index (χ4v) is 3.82. The molecule has 1 amide bonds. The molecule has 0 spiro atoms. The van der Waals surface area contributed by atoms with Gasteiger partial charge in [-0.15, -0.1) is 0 Å². The van der Waals surface area contributed by atoms with Crippen LogP contribution < -0.4 is 5.32 Å². The molecule has 32 heavy (non-hydrogen) atoms. The van der Waals surface area contributed by atoms with Crippen molar-refractivity contribution in [2.75, 3.05) is 5.32 Å². The van der Waals surface area contributed by atoms with Crippen LogP contribution in [0.25, 0.3) is 0 Å². The first-order chi connectivity index (χ1) is 14.8. The Hall–Kier alpha value is -3.15. The molecular weight excluding hydrogens is 406 g/mol. The predicted molar refractivity (Wildman–Crippen MR) is 123 cm³/mol. The number of aryl methyl sites for hydroxylation is 1. The molecule has 6 heteroatoms. The van der Waals surface area contributed by atoms with Crippen LogP contribution in [0.2, 0.25) is 0 Å². The molecule has 0 saturated carbocycles. The van der Waals surface area contributed by atoms with Crippen molar-refractivity contribution in [3.05, 3.63) is 58.1 Å². The van der Waals surface area contributed by atoms with Gasteiger partial charge in [-0.2, -0.15) is 0 Å². The standard InChI is InChI=1S/C26H31NO5/c1-25(2,3)19-12-15(13-20(22(19)29)26(4,5)6)8-7-9-21(28)27-16-10-11-17-18(14-16)24(31)32-23(17)30/h10-14,29H,7-9H2,1-6H3,(H,27,28). The van der Waals surface area contributed by atoms with E-state index in [1.807, 2.05) is 12.1 Å². The van der Waals surface area contributed by atoms with Crippen LogP contribution in [-0.4, -0.2) is 23.0 Å². The number of phenolic OH excluding ortho intramolecular Hbond substituents is 1. The van der Waals surface area contributed by atoms with Gasteiger partial charge in [0.05, 0.1) is 11.1 Å². The van der Waals surface area contributed by atoms with Gasteiger partial charge < -0.3 is 15.2 Å². The summed E-state index contributed by atoms with van der Waals surface area (Å²) < 4.78 is 4.57. The van der Waals surface area contributed by atoms with E-state index in [0.717, 1.165) is 16.7 Å². The quantitative estimate of drug-likeness (QED) is 0.492. The molecule has 1 aliphatic heterocycles. The lowest BCUT2D eigenvalue weighted by Crippen LogP contribution is -2.18. The number of carbonyl (C=O) groups is 3. The summed E-state index contributed by atoms with van der Waals surface area (Å²) in [6.07, 6.45) is 1.64. The van der Waals surface area contributed by atoms with Crippen molar-refractivity contribution in [1.82, 2.24) is 0 Å². The van der Waals surface area contributed by atoms with Crippen LogP contribution in [0.15, 0.2) is 30.3 Å². The normalized spacial score (nSPS) is 13.7. The number of hydrogen-bond acceptors (Lipinski definition) is 5. The van der Waals surface area contributed by atoms with Crippen LogP contribution >= 0.6 is 0 Å². The molecular formula is C26H31NO5. The Kier molecular flexibility index (Phi) is 6.18. The molecule has 3 rings (SSSR count). The van der Waals surface area contributed by atoms with E-state index in [0.29, 0.717) is 30.7 Å². The van der Waals surface area contributed by atoms with Crippen LogP contribution in [0.1, 0.15) is 91.8 Å². The van der Waals surface area contributed by atoms with E-state index in [2.05, 4.69) is 51.6 Å². The van der Waals surface area contributed by atoms with Crippen LogP contribution in [0.3, 0.4) is 0 Å². The van der Waals surface area contributed by atoms with E-state index in [4.69, 9.17) is 0 Å². The van der Waals surface area contributed by atoms with Crippen LogP contribution in [0.5, 0.6) is 5.75 Å². The number of amides is 1. The topological polar surface area (TPSA) is 92.7 Å². The number of aromatic hydroxyl groups is 1. The highest BCUT2D eigenvalue weighted by atomic mass is 16.6.